The molecule has 0 radical (unpaired) electrons. The average Bonchev–Trinajstić information content (AvgIpc) is 2.44. The van der Waals surface area contributed by atoms with E-state index in [4.69, 9.17) is 10.5 Å². The number of piperidine rings is 1. The molecular weight excluding hydrogens is 264 g/mol. The van der Waals surface area contributed by atoms with E-state index in [0.717, 1.165) is 18.6 Å². The van der Waals surface area contributed by atoms with Crippen molar-refractivity contribution in [3.63, 3.8) is 0 Å². The largest absolute Gasteiger partial charge is 0.466 e. The minimum atomic E-state index is -0.451. The second kappa shape index (κ2) is 8.43. The molecule has 6 heteroatoms. The normalized spacial score (nSPS) is 21.0. The number of thioether (sulfide) groups is 1. The first-order valence-corrected chi connectivity index (χ1v) is 8.19. The van der Waals surface area contributed by atoms with Crippen molar-refractivity contribution in [2.75, 3.05) is 31.7 Å². The molecule has 0 aromatic carbocycles. The Morgan fingerprint density at radius 1 is 1.53 bits per heavy atom. The van der Waals surface area contributed by atoms with Crippen LogP contribution in [0.15, 0.2) is 0 Å². The van der Waals surface area contributed by atoms with Gasteiger partial charge in [-0.25, -0.2) is 0 Å². The topological polar surface area (TPSA) is 72.6 Å². The molecule has 0 saturated carbocycles. The molecule has 110 valence electrons. The molecule has 5 nitrogen and oxygen atoms in total. The fourth-order valence-corrected chi connectivity index (χ4v) is 2.72. The summed E-state index contributed by atoms with van der Waals surface area (Å²) >= 11 is 1.68. The highest BCUT2D eigenvalue weighted by Gasteiger charge is 2.31. The maximum atomic E-state index is 12.2. The zero-order chi connectivity index (χ0) is 14.3. The van der Waals surface area contributed by atoms with Crippen LogP contribution in [0.4, 0.5) is 0 Å². The number of amides is 1. The van der Waals surface area contributed by atoms with Gasteiger partial charge in [0, 0.05) is 13.1 Å². The SMILES string of the molecule is CCOC(=O)C1CCCN(C(=O)[C@@H](N)CCSC)C1. The molecule has 0 aliphatic carbocycles. The third kappa shape index (κ3) is 5.03. The lowest BCUT2D eigenvalue weighted by Crippen LogP contribution is -2.49. The summed E-state index contributed by atoms with van der Waals surface area (Å²) in [7, 11) is 0. The molecule has 1 heterocycles. The van der Waals surface area contributed by atoms with E-state index in [1.807, 2.05) is 6.26 Å². The second-order valence-corrected chi connectivity index (χ2v) is 5.75. The molecule has 1 fully saturated rings. The lowest BCUT2D eigenvalue weighted by atomic mass is 9.97. The second-order valence-electron chi connectivity index (χ2n) is 4.76. The molecule has 1 unspecified atom stereocenters. The van der Waals surface area contributed by atoms with Crippen LogP contribution < -0.4 is 5.73 Å². The van der Waals surface area contributed by atoms with Gasteiger partial charge in [-0.2, -0.15) is 11.8 Å². The van der Waals surface area contributed by atoms with Crippen molar-refractivity contribution in [1.29, 1.82) is 0 Å². The average molecular weight is 288 g/mol. The molecule has 2 atom stereocenters. The Balaban J connectivity index is 2.49. The first-order valence-electron chi connectivity index (χ1n) is 6.80. The number of likely N-dealkylation sites (tertiary alicyclic amines) is 1. The molecule has 0 aromatic heterocycles. The summed E-state index contributed by atoms with van der Waals surface area (Å²) in [5, 5.41) is 0. The van der Waals surface area contributed by atoms with E-state index in [2.05, 4.69) is 0 Å². The Morgan fingerprint density at radius 3 is 2.89 bits per heavy atom. The van der Waals surface area contributed by atoms with Gasteiger partial charge in [-0.3, -0.25) is 9.59 Å². The van der Waals surface area contributed by atoms with E-state index < -0.39 is 6.04 Å². The summed E-state index contributed by atoms with van der Waals surface area (Å²) in [6.07, 6.45) is 4.31. The zero-order valence-electron chi connectivity index (χ0n) is 11.8. The number of esters is 1. The smallest absolute Gasteiger partial charge is 0.310 e. The van der Waals surface area contributed by atoms with E-state index in [1.54, 1.807) is 23.6 Å². The summed E-state index contributed by atoms with van der Waals surface area (Å²) in [5.74, 6) is 0.452. The Bertz CT molecular complexity index is 312. The van der Waals surface area contributed by atoms with Crippen LogP contribution in [-0.4, -0.2) is 54.5 Å². The molecule has 1 aliphatic heterocycles. The highest BCUT2D eigenvalue weighted by molar-refractivity contribution is 7.98. The Kier molecular flexibility index (Phi) is 7.23. The molecule has 19 heavy (non-hydrogen) atoms. The van der Waals surface area contributed by atoms with Gasteiger partial charge in [0.05, 0.1) is 18.6 Å². The highest BCUT2D eigenvalue weighted by atomic mass is 32.2. The Labute approximate surface area is 119 Å². The quantitative estimate of drug-likeness (QED) is 0.734. The van der Waals surface area contributed by atoms with Gasteiger partial charge in [-0.05, 0) is 38.2 Å². The van der Waals surface area contributed by atoms with E-state index >= 15 is 0 Å². The predicted octanol–water partition coefficient (Wildman–Crippen LogP) is 0.869. The fraction of sp³-hybridized carbons (Fsp3) is 0.846. The van der Waals surface area contributed by atoms with Crippen LogP contribution >= 0.6 is 11.8 Å². The summed E-state index contributed by atoms with van der Waals surface area (Å²) in [6.45, 7) is 3.32. The number of nitrogens with two attached hydrogens (primary N) is 1. The molecule has 1 aliphatic rings. The van der Waals surface area contributed by atoms with Crippen molar-refractivity contribution in [2.24, 2.45) is 11.7 Å². The highest BCUT2D eigenvalue weighted by Crippen LogP contribution is 2.19. The summed E-state index contributed by atoms with van der Waals surface area (Å²) in [4.78, 5) is 25.6. The summed E-state index contributed by atoms with van der Waals surface area (Å²) in [6, 6.07) is -0.451. The molecule has 0 bridgehead atoms. The maximum absolute atomic E-state index is 12.2. The van der Waals surface area contributed by atoms with Crippen LogP contribution in [0.25, 0.3) is 0 Å². The lowest BCUT2D eigenvalue weighted by molar-refractivity contribution is -0.151. The fourth-order valence-electron chi connectivity index (χ4n) is 2.23. The Hall–Kier alpha value is -0.750. The Morgan fingerprint density at radius 2 is 2.26 bits per heavy atom. The van der Waals surface area contributed by atoms with Crippen molar-refractivity contribution >= 4 is 23.6 Å². The summed E-state index contributed by atoms with van der Waals surface area (Å²) in [5.41, 5.74) is 5.89. The molecule has 2 N–H and O–H groups in total. The number of hydrogen-bond acceptors (Lipinski definition) is 5. The molecule has 1 amide bonds. The van der Waals surface area contributed by atoms with Crippen LogP contribution in [0.2, 0.25) is 0 Å². The first-order chi connectivity index (χ1) is 9.10. The minimum absolute atomic E-state index is 0.0388. The van der Waals surface area contributed by atoms with Crippen LogP contribution in [-0.2, 0) is 14.3 Å². The minimum Gasteiger partial charge on any atom is -0.466 e. The van der Waals surface area contributed by atoms with Gasteiger partial charge < -0.3 is 15.4 Å². The molecule has 0 aromatic rings. The van der Waals surface area contributed by atoms with E-state index in [1.165, 1.54) is 0 Å². The lowest BCUT2D eigenvalue weighted by Gasteiger charge is -2.33. The zero-order valence-corrected chi connectivity index (χ0v) is 12.6. The van der Waals surface area contributed by atoms with Crippen LogP contribution in [0.5, 0.6) is 0 Å². The standard InChI is InChI=1S/C13H24N2O3S/c1-3-18-13(17)10-5-4-7-15(9-10)12(16)11(14)6-8-19-2/h10-11H,3-9,14H2,1-2H3/t10?,11-/m0/s1. The third-order valence-corrected chi connectivity index (χ3v) is 3.95. The van der Waals surface area contributed by atoms with Crippen molar-refractivity contribution < 1.29 is 14.3 Å². The van der Waals surface area contributed by atoms with Crippen molar-refractivity contribution in [3.05, 3.63) is 0 Å². The first kappa shape index (κ1) is 16.3. The van der Waals surface area contributed by atoms with Crippen LogP contribution in [0.3, 0.4) is 0 Å². The van der Waals surface area contributed by atoms with Gasteiger partial charge in [0.2, 0.25) is 5.91 Å². The molecular formula is C13H24N2O3S. The number of carbonyl (C=O) groups excluding carboxylic acids is 2. The monoisotopic (exact) mass is 288 g/mol. The number of rotatable bonds is 6. The molecule has 0 spiro atoms. The van der Waals surface area contributed by atoms with Crippen molar-refractivity contribution in [1.82, 2.24) is 4.90 Å². The molecule has 1 rings (SSSR count). The van der Waals surface area contributed by atoms with Crippen molar-refractivity contribution in [2.45, 2.75) is 32.2 Å². The van der Waals surface area contributed by atoms with Gasteiger partial charge in [0.25, 0.3) is 0 Å². The number of hydrogen-bond donors (Lipinski definition) is 1. The van der Waals surface area contributed by atoms with Gasteiger partial charge in [0.1, 0.15) is 0 Å². The number of nitrogens with zero attached hydrogens (tertiary/aromatic N) is 1. The van der Waals surface area contributed by atoms with E-state index in [9.17, 15) is 9.59 Å². The van der Waals surface area contributed by atoms with Gasteiger partial charge in [0.15, 0.2) is 0 Å². The number of carbonyl (C=O) groups is 2. The van der Waals surface area contributed by atoms with Crippen LogP contribution in [0.1, 0.15) is 26.2 Å². The predicted molar refractivity (Wildman–Crippen MR) is 76.9 cm³/mol. The van der Waals surface area contributed by atoms with Gasteiger partial charge >= 0.3 is 5.97 Å². The maximum Gasteiger partial charge on any atom is 0.310 e. The van der Waals surface area contributed by atoms with E-state index in [0.29, 0.717) is 26.1 Å². The number of ether oxygens (including phenoxy) is 1. The van der Waals surface area contributed by atoms with Crippen LogP contribution in [0, 0.1) is 5.92 Å². The third-order valence-electron chi connectivity index (χ3n) is 3.30. The van der Waals surface area contributed by atoms with Crippen molar-refractivity contribution in [3.8, 4) is 0 Å². The van der Waals surface area contributed by atoms with E-state index in [-0.39, 0.29) is 17.8 Å². The van der Waals surface area contributed by atoms with Gasteiger partial charge in [-0.15, -0.1) is 0 Å². The summed E-state index contributed by atoms with van der Waals surface area (Å²) < 4.78 is 5.02. The molecule has 1 saturated heterocycles. The van der Waals surface area contributed by atoms with Gasteiger partial charge in [-0.1, -0.05) is 0 Å².